The number of aliphatic carboxylic acids is 1. The van der Waals surface area contributed by atoms with E-state index >= 15 is 0 Å². The molecule has 2 N–H and O–H groups in total. The molecule has 0 bridgehead atoms. The average Bonchev–Trinajstić information content (AvgIpc) is 2.90. The lowest BCUT2D eigenvalue weighted by Gasteiger charge is -2.10. The number of nitriles is 1. The van der Waals surface area contributed by atoms with Gasteiger partial charge in [0, 0.05) is 0 Å². The molecule has 1 heterocycles. The SMILES string of the molecule is N#Cc1ccc(S(=O)(=O)Nc2ccccc2CC(=O)O)s1. The van der Waals surface area contributed by atoms with Crippen molar-refractivity contribution in [2.45, 2.75) is 10.6 Å². The summed E-state index contributed by atoms with van der Waals surface area (Å²) in [4.78, 5) is 11.1. The van der Waals surface area contributed by atoms with E-state index < -0.39 is 16.0 Å². The number of carboxylic acids is 1. The van der Waals surface area contributed by atoms with E-state index in [1.807, 2.05) is 6.07 Å². The van der Waals surface area contributed by atoms with Gasteiger partial charge < -0.3 is 5.11 Å². The van der Waals surface area contributed by atoms with Crippen molar-refractivity contribution in [1.29, 1.82) is 5.26 Å². The van der Waals surface area contributed by atoms with Gasteiger partial charge in [0.05, 0.1) is 12.1 Å². The van der Waals surface area contributed by atoms with Crippen molar-refractivity contribution in [3.8, 4) is 6.07 Å². The number of anilines is 1. The first-order valence-corrected chi connectivity index (χ1v) is 8.05. The lowest BCUT2D eigenvalue weighted by molar-refractivity contribution is -0.136. The van der Waals surface area contributed by atoms with Crippen LogP contribution in [0.2, 0.25) is 0 Å². The smallest absolute Gasteiger partial charge is 0.307 e. The Hall–Kier alpha value is -2.37. The molecule has 0 spiro atoms. The lowest BCUT2D eigenvalue weighted by Crippen LogP contribution is -2.14. The van der Waals surface area contributed by atoms with Gasteiger partial charge in [-0.05, 0) is 23.8 Å². The number of nitrogens with zero attached hydrogens (tertiary/aromatic N) is 1. The highest BCUT2D eigenvalue weighted by Crippen LogP contribution is 2.25. The molecule has 0 radical (unpaired) electrons. The van der Waals surface area contributed by atoms with Crippen LogP contribution in [-0.4, -0.2) is 19.5 Å². The van der Waals surface area contributed by atoms with Gasteiger partial charge in [0.15, 0.2) is 0 Å². The number of carboxylic acid groups (broad SMARTS) is 1. The topological polar surface area (TPSA) is 107 Å². The predicted molar refractivity (Wildman–Crippen MR) is 77.6 cm³/mol. The Morgan fingerprint density at radius 1 is 1.29 bits per heavy atom. The molecule has 21 heavy (non-hydrogen) atoms. The maximum atomic E-state index is 12.2. The predicted octanol–water partition coefficient (Wildman–Crippen LogP) is 2.05. The largest absolute Gasteiger partial charge is 0.481 e. The molecule has 0 fully saturated rings. The summed E-state index contributed by atoms with van der Waals surface area (Å²) in [6.07, 6.45) is -0.285. The summed E-state index contributed by atoms with van der Waals surface area (Å²) in [5.41, 5.74) is 0.581. The molecule has 0 unspecified atom stereocenters. The number of carbonyl (C=O) groups is 1. The van der Waals surface area contributed by atoms with Gasteiger partial charge in [0.2, 0.25) is 0 Å². The third-order valence-electron chi connectivity index (χ3n) is 2.56. The van der Waals surface area contributed by atoms with E-state index in [1.165, 1.54) is 18.2 Å². The van der Waals surface area contributed by atoms with Gasteiger partial charge >= 0.3 is 5.97 Å². The van der Waals surface area contributed by atoms with E-state index in [4.69, 9.17) is 10.4 Å². The highest BCUT2D eigenvalue weighted by Gasteiger charge is 2.19. The number of nitrogens with one attached hydrogen (secondary N) is 1. The molecule has 2 aromatic rings. The number of benzene rings is 1. The summed E-state index contributed by atoms with van der Waals surface area (Å²) in [7, 11) is -3.84. The van der Waals surface area contributed by atoms with E-state index in [1.54, 1.807) is 18.2 Å². The molecular formula is C13H10N2O4S2. The van der Waals surface area contributed by atoms with Crippen molar-refractivity contribution in [3.63, 3.8) is 0 Å². The number of thiophene rings is 1. The summed E-state index contributed by atoms with van der Waals surface area (Å²) < 4.78 is 26.8. The Labute approximate surface area is 125 Å². The minimum absolute atomic E-state index is 0.00387. The van der Waals surface area contributed by atoms with E-state index in [0.717, 1.165) is 11.3 Å². The molecule has 1 aromatic heterocycles. The maximum Gasteiger partial charge on any atom is 0.307 e. The molecule has 0 aliphatic rings. The zero-order chi connectivity index (χ0) is 15.5. The van der Waals surface area contributed by atoms with E-state index in [9.17, 15) is 13.2 Å². The minimum atomic E-state index is -3.84. The summed E-state index contributed by atoms with van der Waals surface area (Å²) in [6.45, 7) is 0. The number of para-hydroxylation sites is 1. The van der Waals surface area contributed by atoms with Crippen molar-refractivity contribution in [2.75, 3.05) is 4.72 Å². The van der Waals surface area contributed by atoms with Crippen molar-refractivity contribution < 1.29 is 18.3 Å². The molecule has 1 aromatic carbocycles. The van der Waals surface area contributed by atoms with Crippen LogP contribution in [0.15, 0.2) is 40.6 Å². The Balaban J connectivity index is 2.33. The lowest BCUT2D eigenvalue weighted by atomic mass is 10.1. The van der Waals surface area contributed by atoms with Crippen LogP contribution in [0.5, 0.6) is 0 Å². The van der Waals surface area contributed by atoms with Crippen LogP contribution in [0.1, 0.15) is 10.4 Å². The minimum Gasteiger partial charge on any atom is -0.481 e. The zero-order valence-corrected chi connectivity index (χ0v) is 12.2. The van der Waals surface area contributed by atoms with Gasteiger partial charge in [-0.3, -0.25) is 9.52 Å². The number of sulfonamides is 1. The van der Waals surface area contributed by atoms with Crippen LogP contribution in [0, 0.1) is 11.3 Å². The quantitative estimate of drug-likeness (QED) is 0.876. The van der Waals surface area contributed by atoms with Crippen LogP contribution in [0.3, 0.4) is 0 Å². The zero-order valence-electron chi connectivity index (χ0n) is 10.6. The molecule has 108 valence electrons. The van der Waals surface area contributed by atoms with Crippen molar-refractivity contribution in [2.24, 2.45) is 0 Å². The van der Waals surface area contributed by atoms with E-state index in [-0.39, 0.29) is 21.2 Å². The van der Waals surface area contributed by atoms with Crippen molar-refractivity contribution in [1.82, 2.24) is 0 Å². The number of hydrogen-bond donors (Lipinski definition) is 2. The monoisotopic (exact) mass is 322 g/mol. The first-order chi connectivity index (χ1) is 9.92. The van der Waals surface area contributed by atoms with Crippen LogP contribution >= 0.6 is 11.3 Å². The highest BCUT2D eigenvalue weighted by atomic mass is 32.2. The molecule has 0 aliphatic carbocycles. The Kier molecular flexibility index (Phi) is 4.26. The number of hydrogen-bond acceptors (Lipinski definition) is 5. The number of rotatable bonds is 5. The first-order valence-electron chi connectivity index (χ1n) is 5.75. The van der Waals surface area contributed by atoms with Gasteiger partial charge in [0.1, 0.15) is 15.2 Å². The van der Waals surface area contributed by atoms with Crippen LogP contribution in [-0.2, 0) is 21.2 Å². The fraction of sp³-hybridized carbons (Fsp3) is 0.0769. The Bertz CT molecular complexity index is 819. The van der Waals surface area contributed by atoms with Gasteiger partial charge in [0.25, 0.3) is 10.0 Å². The fourth-order valence-electron chi connectivity index (χ4n) is 1.66. The molecule has 8 heteroatoms. The van der Waals surface area contributed by atoms with Crippen LogP contribution in [0.25, 0.3) is 0 Å². The molecule has 6 nitrogen and oxygen atoms in total. The normalized spacial score (nSPS) is 10.8. The second kappa shape index (κ2) is 5.95. The molecule has 0 saturated carbocycles. The standard InChI is InChI=1S/C13H10N2O4S2/c14-8-10-5-6-13(20-10)21(18,19)15-11-4-2-1-3-9(11)7-12(16)17/h1-6,15H,7H2,(H,16,17). The summed E-state index contributed by atoms with van der Waals surface area (Å²) in [6, 6.07) is 10.9. The van der Waals surface area contributed by atoms with Gasteiger partial charge in [-0.1, -0.05) is 18.2 Å². The van der Waals surface area contributed by atoms with Crippen molar-refractivity contribution >= 4 is 33.0 Å². The highest BCUT2D eigenvalue weighted by molar-refractivity contribution is 7.94. The second-order valence-corrected chi connectivity index (χ2v) is 7.06. The van der Waals surface area contributed by atoms with E-state index in [0.29, 0.717) is 5.56 Å². The molecule has 0 aliphatic heterocycles. The summed E-state index contributed by atoms with van der Waals surface area (Å²) in [5, 5.41) is 17.6. The second-order valence-electron chi connectivity index (χ2n) is 4.06. The Morgan fingerprint density at radius 3 is 2.62 bits per heavy atom. The van der Waals surface area contributed by atoms with Crippen LogP contribution in [0.4, 0.5) is 5.69 Å². The molecule has 0 saturated heterocycles. The van der Waals surface area contributed by atoms with Gasteiger partial charge in [-0.15, -0.1) is 11.3 Å². The average molecular weight is 322 g/mol. The summed E-state index contributed by atoms with van der Waals surface area (Å²) in [5.74, 6) is -1.05. The molecule has 0 atom stereocenters. The van der Waals surface area contributed by atoms with Crippen molar-refractivity contribution in [3.05, 3.63) is 46.8 Å². The van der Waals surface area contributed by atoms with Gasteiger partial charge in [-0.2, -0.15) is 5.26 Å². The molecular weight excluding hydrogens is 312 g/mol. The summed E-state index contributed by atoms with van der Waals surface area (Å²) >= 11 is 0.851. The van der Waals surface area contributed by atoms with Crippen LogP contribution < -0.4 is 4.72 Å². The first kappa shape index (κ1) is 15.0. The van der Waals surface area contributed by atoms with E-state index in [2.05, 4.69) is 4.72 Å². The maximum absolute atomic E-state index is 12.2. The third kappa shape index (κ3) is 3.59. The van der Waals surface area contributed by atoms with Gasteiger partial charge in [-0.25, -0.2) is 8.42 Å². The fourth-order valence-corrected chi connectivity index (χ4v) is 3.86. The Morgan fingerprint density at radius 2 is 2.00 bits per heavy atom. The molecule has 0 amide bonds. The molecule has 2 rings (SSSR count). The third-order valence-corrected chi connectivity index (χ3v) is 5.41.